The molecule has 7 nitrogen and oxygen atoms in total. The van der Waals surface area contributed by atoms with Crippen molar-refractivity contribution in [3.05, 3.63) is 35.9 Å². The Morgan fingerprint density at radius 2 is 1.78 bits per heavy atom. The van der Waals surface area contributed by atoms with Gasteiger partial charge in [-0.3, -0.25) is 19.2 Å². The van der Waals surface area contributed by atoms with Crippen molar-refractivity contribution in [3.63, 3.8) is 0 Å². The van der Waals surface area contributed by atoms with Gasteiger partial charge in [0.1, 0.15) is 0 Å². The van der Waals surface area contributed by atoms with Crippen LogP contribution in [0.2, 0.25) is 0 Å². The third-order valence-electron chi connectivity index (χ3n) is 7.14. The van der Waals surface area contributed by atoms with Crippen molar-refractivity contribution in [1.29, 1.82) is 0 Å². The summed E-state index contributed by atoms with van der Waals surface area (Å²) < 4.78 is 0. The first-order valence-corrected chi connectivity index (χ1v) is 12.7. The van der Waals surface area contributed by atoms with E-state index < -0.39 is 23.3 Å². The van der Waals surface area contributed by atoms with Crippen LogP contribution in [0.3, 0.4) is 0 Å². The van der Waals surface area contributed by atoms with Gasteiger partial charge in [0.25, 0.3) is 5.91 Å². The van der Waals surface area contributed by atoms with Gasteiger partial charge in [0.05, 0.1) is 12.6 Å². The van der Waals surface area contributed by atoms with Gasteiger partial charge in [0.15, 0.2) is 5.78 Å². The largest absolute Gasteiger partial charge is 0.367 e. The predicted octanol–water partition coefficient (Wildman–Crippen LogP) is 2.13. The zero-order valence-corrected chi connectivity index (χ0v) is 19.1. The molecule has 0 spiro atoms. The topological polar surface area (TPSA) is 101 Å². The van der Waals surface area contributed by atoms with Gasteiger partial charge in [-0.15, -0.1) is 0 Å². The summed E-state index contributed by atoms with van der Waals surface area (Å²) >= 11 is 1.64. The summed E-state index contributed by atoms with van der Waals surface area (Å²) in [5.41, 5.74) is 5.25. The molecule has 0 bridgehead atoms. The Kier molecular flexibility index (Phi) is 6.88. The number of hydrogen-bond donors (Lipinski definition) is 1. The maximum Gasteiger partial charge on any atom is 0.253 e. The summed E-state index contributed by atoms with van der Waals surface area (Å²) in [6.45, 7) is 0.144. The number of rotatable bonds is 7. The summed E-state index contributed by atoms with van der Waals surface area (Å²) in [5.74, 6) is -0.246. The molecule has 2 atom stereocenters. The average Bonchev–Trinajstić information content (AvgIpc) is 3.35. The molecule has 2 heterocycles. The van der Waals surface area contributed by atoms with Gasteiger partial charge in [0, 0.05) is 30.4 Å². The van der Waals surface area contributed by atoms with Crippen LogP contribution in [0.25, 0.3) is 0 Å². The van der Waals surface area contributed by atoms with Crippen molar-refractivity contribution in [2.45, 2.75) is 62.3 Å². The predicted molar refractivity (Wildman–Crippen MR) is 123 cm³/mol. The van der Waals surface area contributed by atoms with Gasteiger partial charge in [0.2, 0.25) is 17.4 Å². The zero-order valence-electron chi connectivity index (χ0n) is 18.3. The molecule has 0 aromatic heterocycles. The van der Waals surface area contributed by atoms with Crippen molar-refractivity contribution >= 4 is 35.3 Å². The van der Waals surface area contributed by atoms with Crippen molar-refractivity contribution in [1.82, 2.24) is 9.80 Å². The van der Waals surface area contributed by atoms with E-state index in [2.05, 4.69) is 0 Å². The SMILES string of the molecule is NC(=O)C12C(=O)CN(C(=O)C3CCCCC3)C1CCN2C(=O)CCSCc1ccccc1. The molecule has 8 heteroatoms. The highest BCUT2D eigenvalue weighted by atomic mass is 32.2. The Bertz CT molecular complexity index is 886. The lowest BCUT2D eigenvalue weighted by atomic mass is 9.86. The second kappa shape index (κ2) is 9.65. The minimum absolute atomic E-state index is 0.0566. The van der Waals surface area contributed by atoms with Gasteiger partial charge in [-0.1, -0.05) is 49.6 Å². The van der Waals surface area contributed by atoms with Crippen molar-refractivity contribution < 1.29 is 19.2 Å². The first-order chi connectivity index (χ1) is 15.5. The average molecular weight is 458 g/mol. The number of primary amides is 1. The van der Waals surface area contributed by atoms with E-state index in [1.807, 2.05) is 30.3 Å². The lowest BCUT2D eigenvalue weighted by Gasteiger charge is -2.35. The van der Waals surface area contributed by atoms with E-state index in [9.17, 15) is 19.2 Å². The lowest BCUT2D eigenvalue weighted by Crippen LogP contribution is -2.64. The van der Waals surface area contributed by atoms with E-state index in [0.29, 0.717) is 12.2 Å². The van der Waals surface area contributed by atoms with E-state index in [1.165, 1.54) is 10.5 Å². The number of benzene rings is 1. The van der Waals surface area contributed by atoms with E-state index in [1.54, 1.807) is 16.7 Å². The summed E-state index contributed by atoms with van der Waals surface area (Å²) in [6.07, 6.45) is 5.42. The molecule has 1 aliphatic carbocycles. The second-order valence-electron chi connectivity index (χ2n) is 8.99. The maximum absolute atomic E-state index is 13.2. The fourth-order valence-corrected chi connectivity index (χ4v) is 6.44. The van der Waals surface area contributed by atoms with Crippen LogP contribution in [0.15, 0.2) is 30.3 Å². The highest BCUT2D eigenvalue weighted by Gasteiger charge is 2.67. The number of carbonyl (C=O) groups is 4. The monoisotopic (exact) mass is 457 g/mol. The lowest BCUT2D eigenvalue weighted by molar-refractivity contribution is -0.149. The Labute approximate surface area is 193 Å². The number of nitrogens with zero attached hydrogens (tertiary/aromatic N) is 2. The van der Waals surface area contributed by atoms with Crippen LogP contribution >= 0.6 is 11.8 Å². The van der Waals surface area contributed by atoms with Gasteiger partial charge in [-0.2, -0.15) is 11.8 Å². The number of likely N-dealkylation sites (tertiary alicyclic amines) is 2. The molecule has 2 N–H and O–H groups in total. The zero-order chi connectivity index (χ0) is 22.7. The number of nitrogens with two attached hydrogens (primary N) is 1. The molecule has 1 aromatic rings. The molecule has 3 fully saturated rings. The van der Waals surface area contributed by atoms with Crippen molar-refractivity contribution in [2.75, 3.05) is 18.8 Å². The molecule has 3 amide bonds. The minimum atomic E-state index is -1.70. The van der Waals surface area contributed by atoms with Crippen molar-refractivity contribution in [3.8, 4) is 0 Å². The molecule has 2 saturated heterocycles. The van der Waals surface area contributed by atoms with E-state index in [0.717, 1.165) is 37.9 Å². The fraction of sp³-hybridized carbons (Fsp3) is 0.583. The molecule has 32 heavy (non-hydrogen) atoms. The van der Waals surface area contributed by atoms with Crippen LogP contribution in [0.4, 0.5) is 0 Å². The standard InChI is InChI=1S/C24H31N3O4S/c25-23(31)24-19(26(15-20(24)28)22(30)18-9-5-2-6-10-18)11-13-27(24)21(29)12-14-32-16-17-7-3-1-4-8-17/h1,3-4,7-8,18-19H,2,5-6,9-16H2,(H2,25,31). The van der Waals surface area contributed by atoms with Gasteiger partial charge < -0.3 is 15.5 Å². The summed E-state index contributed by atoms with van der Waals surface area (Å²) in [6, 6.07) is 9.37. The quantitative estimate of drug-likeness (QED) is 0.499. The number of ketones is 1. The van der Waals surface area contributed by atoms with E-state index in [-0.39, 0.29) is 37.2 Å². The van der Waals surface area contributed by atoms with Crippen LogP contribution < -0.4 is 5.73 Å². The molecular formula is C24H31N3O4S. The number of hydrogen-bond acceptors (Lipinski definition) is 5. The van der Waals surface area contributed by atoms with Gasteiger partial charge >= 0.3 is 0 Å². The summed E-state index contributed by atoms with van der Waals surface area (Å²) in [4.78, 5) is 55.0. The fourth-order valence-electron chi connectivity index (χ4n) is 5.55. The molecule has 3 aliphatic rings. The van der Waals surface area contributed by atoms with Crippen LogP contribution in [0, 0.1) is 5.92 Å². The van der Waals surface area contributed by atoms with Crippen LogP contribution in [0.5, 0.6) is 0 Å². The normalized spacial score (nSPS) is 25.8. The molecule has 2 aliphatic heterocycles. The third-order valence-corrected chi connectivity index (χ3v) is 8.17. The van der Waals surface area contributed by atoms with Crippen molar-refractivity contribution in [2.24, 2.45) is 11.7 Å². The highest BCUT2D eigenvalue weighted by molar-refractivity contribution is 7.98. The van der Waals surface area contributed by atoms with Crippen LogP contribution in [-0.4, -0.2) is 63.7 Å². The molecule has 0 radical (unpaired) electrons. The Hall–Kier alpha value is -2.35. The summed E-state index contributed by atoms with van der Waals surface area (Å²) in [5, 5.41) is 0. The number of carbonyl (C=O) groups excluding carboxylic acids is 4. The smallest absolute Gasteiger partial charge is 0.253 e. The van der Waals surface area contributed by atoms with Gasteiger partial charge in [-0.05, 0) is 24.8 Å². The number of Topliss-reactive ketones (excluding diaryl/α,β-unsaturated/α-hetero) is 1. The van der Waals surface area contributed by atoms with Gasteiger partial charge in [-0.25, -0.2) is 0 Å². The number of thioether (sulfide) groups is 1. The Morgan fingerprint density at radius 3 is 2.47 bits per heavy atom. The molecular weight excluding hydrogens is 426 g/mol. The molecule has 1 aromatic carbocycles. The summed E-state index contributed by atoms with van der Waals surface area (Å²) in [7, 11) is 0. The van der Waals surface area contributed by atoms with Crippen LogP contribution in [0.1, 0.15) is 50.5 Å². The molecule has 1 saturated carbocycles. The molecule has 172 valence electrons. The van der Waals surface area contributed by atoms with Crippen LogP contribution in [-0.2, 0) is 24.9 Å². The third kappa shape index (κ3) is 4.05. The second-order valence-corrected chi connectivity index (χ2v) is 10.1. The first kappa shape index (κ1) is 22.8. The molecule has 2 unspecified atom stereocenters. The number of amides is 3. The first-order valence-electron chi connectivity index (χ1n) is 11.5. The maximum atomic E-state index is 13.2. The highest BCUT2D eigenvalue weighted by Crippen LogP contribution is 2.41. The Morgan fingerprint density at radius 1 is 1.06 bits per heavy atom. The molecule has 4 rings (SSSR count). The van der Waals surface area contributed by atoms with E-state index in [4.69, 9.17) is 5.73 Å². The Balaban J connectivity index is 1.43. The number of fused-ring (bicyclic) bond motifs is 1. The minimum Gasteiger partial charge on any atom is -0.367 e. The van der Waals surface area contributed by atoms with E-state index >= 15 is 0 Å².